The van der Waals surface area contributed by atoms with Gasteiger partial charge in [0.15, 0.2) is 0 Å². The highest BCUT2D eigenvalue weighted by Gasteiger charge is 2.21. The number of nitrogens with zero attached hydrogens (tertiary/aromatic N) is 4. The monoisotopic (exact) mass is 285 g/mol. The first-order valence-electron chi connectivity index (χ1n) is 7.75. The largest absolute Gasteiger partial charge is 0.364 e. The predicted octanol–water partition coefficient (Wildman–Crippen LogP) is 2.49. The molecule has 1 unspecified atom stereocenters. The third-order valence-corrected chi connectivity index (χ3v) is 4.08. The van der Waals surface area contributed by atoms with Gasteiger partial charge in [0.2, 0.25) is 0 Å². The maximum absolute atomic E-state index is 6.30. The van der Waals surface area contributed by atoms with Crippen LogP contribution < -0.4 is 10.6 Å². The van der Waals surface area contributed by atoms with Crippen LogP contribution in [0.5, 0.6) is 0 Å². The molecule has 1 aliphatic rings. The Labute approximate surface area is 125 Å². The van der Waals surface area contributed by atoms with Gasteiger partial charge in [-0.05, 0) is 30.9 Å². The molecule has 5 nitrogen and oxygen atoms in total. The zero-order chi connectivity index (χ0) is 14.7. The summed E-state index contributed by atoms with van der Waals surface area (Å²) in [7, 11) is 0. The van der Waals surface area contributed by atoms with Crippen LogP contribution in [0.2, 0.25) is 0 Å². The minimum Gasteiger partial charge on any atom is -0.364 e. The average molecular weight is 285 g/mol. The summed E-state index contributed by atoms with van der Waals surface area (Å²) in [6.45, 7) is 4.89. The Morgan fingerprint density at radius 1 is 1.33 bits per heavy atom. The lowest BCUT2D eigenvalue weighted by Crippen LogP contribution is -2.26. The van der Waals surface area contributed by atoms with Crippen molar-refractivity contribution in [2.24, 2.45) is 5.73 Å². The van der Waals surface area contributed by atoms with Gasteiger partial charge in [0, 0.05) is 24.8 Å². The fourth-order valence-corrected chi connectivity index (χ4v) is 3.01. The topological polar surface area (TPSA) is 60.0 Å². The molecule has 1 aromatic carbocycles. The molecule has 0 amide bonds. The van der Waals surface area contributed by atoms with Crippen molar-refractivity contribution in [3.63, 3.8) is 0 Å². The lowest BCUT2D eigenvalue weighted by Gasteiger charge is -2.25. The van der Waals surface area contributed by atoms with Crippen LogP contribution in [0, 0.1) is 0 Å². The molecule has 0 radical (unpaired) electrons. The summed E-state index contributed by atoms with van der Waals surface area (Å²) in [6.07, 6.45) is 4.87. The minimum atomic E-state index is 0.139. The van der Waals surface area contributed by atoms with Crippen molar-refractivity contribution in [3.8, 4) is 0 Å². The van der Waals surface area contributed by atoms with E-state index in [2.05, 4.69) is 46.2 Å². The van der Waals surface area contributed by atoms with Gasteiger partial charge in [0.25, 0.3) is 0 Å². The molecule has 5 heteroatoms. The maximum Gasteiger partial charge on any atom is 0.146 e. The van der Waals surface area contributed by atoms with Gasteiger partial charge in [0.1, 0.15) is 12.2 Å². The lowest BCUT2D eigenvalue weighted by atomic mass is 10.0. The number of hydrogen-bond donors (Lipinski definition) is 1. The third-order valence-electron chi connectivity index (χ3n) is 4.08. The SMILES string of the molecule is CCCn1ncnc1CN1CCCC(N)c2ccccc21. The lowest BCUT2D eigenvalue weighted by molar-refractivity contribution is 0.557. The number of nitrogens with two attached hydrogens (primary N) is 1. The van der Waals surface area contributed by atoms with Crippen LogP contribution in [-0.2, 0) is 13.1 Å². The van der Waals surface area contributed by atoms with Gasteiger partial charge in [-0.2, -0.15) is 5.10 Å². The fourth-order valence-electron chi connectivity index (χ4n) is 3.01. The fraction of sp³-hybridized carbons (Fsp3) is 0.500. The van der Waals surface area contributed by atoms with Gasteiger partial charge in [-0.15, -0.1) is 0 Å². The van der Waals surface area contributed by atoms with Crippen molar-refractivity contribution in [1.29, 1.82) is 0 Å². The van der Waals surface area contributed by atoms with E-state index >= 15 is 0 Å². The number of rotatable bonds is 4. The first kappa shape index (κ1) is 14.1. The van der Waals surface area contributed by atoms with Crippen molar-refractivity contribution < 1.29 is 0 Å². The van der Waals surface area contributed by atoms with E-state index in [9.17, 15) is 0 Å². The molecule has 3 rings (SSSR count). The first-order valence-corrected chi connectivity index (χ1v) is 7.75. The number of fused-ring (bicyclic) bond motifs is 1. The van der Waals surface area contributed by atoms with E-state index in [0.29, 0.717) is 0 Å². The molecule has 0 fully saturated rings. The highest BCUT2D eigenvalue weighted by Crippen LogP contribution is 2.31. The number of para-hydroxylation sites is 1. The van der Waals surface area contributed by atoms with Gasteiger partial charge in [0.05, 0.1) is 6.54 Å². The molecule has 0 aliphatic carbocycles. The van der Waals surface area contributed by atoms with Crippen LogP contribution in [0.25, 0.3) is 0 Å². The van der Waals surface area contributed by atoms with E-state index in [4.69, 9.17) is 5.73 Å². The molecule has 1 atom stereocenters. The van der Waals surface area contributed by atoms with E-state index in [1.54, 1.807) is 6.33 Å². The van der Waals surface area contributed by atoms with Crippen LogP contribution >= 0.6 is 0 Å². The van der Waals surface area contributed by atoms with Crippen LogP contribution in [0.3, 0.4) is 0 Å². The summed E-state index contributed by atoms with van der Waals surface area (Å²) in [5.41, 5.74) is 8.79. The Balaban J connectivity index is 1.88. The van der Waals surface area contributed by atoms with Crippen molar-refractivity contribution >= 4 is 5.69 Å². The summed E-state index contributed by atoms with van der Waals surface area (Å²) in [6, 6.07) is 8.61. The summed E-state index contributed by atoms with van der Waals surface area (Å²) in [5, 5.41) is 4.32. The van der Waals surface area contributed by atoms with Crippen LogP contribution in [-0.4, -0.2) is 21.3 Å². The molecule has 0 saturated carbocycles. The average Bonchev–Trinajstić information content (AvgIpc) is 2.87. The second-order valence-electron chi connectivity index (χ2n) is 5.63. The first-order chi connectivity index (χ1) is 10.3. The zero-order valence-electron chi connectivity index (χ0n) is 12.6. The number of hydrogen-bond acceptors (Lipinski definition) is 4. The molecule has 0 bridgehead atoms. The van der Waals surface area contributed by atoms with Gasteiger partial charge in [-0.1, -0.05) is 25.1 Å². The molecule has 1 aromatic heterocycles. The Morgan fingerprint density at radius 2 is 2.19 bits per heavy atom. The smallest absolute Gasteiger partial charge is 0.146 e. The molecular weight excluding hydrogens is 262 g/mol. The minimum absolute atomic E-state index is 0.139. The van der Waals surface area contributed by atoms with Crippen molar-refractivity contribution in [2.45, 2.75) is 45.3 Å². The number of anilines is 1. The molecule has 0 saturated heterocycles. The summed E-state index contributed by atoms with van der Waals surface area (Å²) in [5.74, 6) is 1.03. The van der Waals surface area contributed by atoms with E-state index in [1.807, 2.05) is 4.68 Å². The third kappa shape index (κ3) is 2.93. The van der Waals surface area contributed by atoms with Crippen LogP contribution in [0.4, 0.5) is 5.69 Å². The standard InChI is InChI=1S/C16H23N5/c1-2-9-21-16(18-12-19-21)11-20-10-5-7-14(17)13-6-3-4-8-15(13)20/h3-4,6,8,12,14H,2,5,7,9-11,17H2,1H3. The Morgan fingerprint density at radius 3 is 3.05 bits per heavy atom. The predicted molar refractivity (Wildman–Crippen MR) is 84.0 cm³/mol. The highest BCUT2D eigenvalue weighted by molar-refractivity contribution is 5.55. The molecule has 2 N–H and O–H groups in total. The van der Waals surface area contributed by atoms with Gasteiger partial charge >= 0.3 is 0 Å². The maximum atomic E-state index is 6.30. The van der Waals surface area contributed by atoms with Gasteiger partial charge in [-0.3, -0.25) is 0 Å². The zero-order valence-corrected chi connectivity index (χ0v) is 12.6. The van der Waals surface area contributed by atoms with E-state index in [0.717, 1.165) is 44.7 Å². The Hall–Kier alpha value is -1.88. The Kier molecular flexibility index (Phi) is 4.20. The summed E-state index contributed by atoms with van der Waals surface area (Å²) < 4.78 is 2.01. The van der Waals surface area contributed by atoms with Crippen molar-refractivity contribution in [3.05, 3.63) is 42.0 Å². The van der Waals surface area contributed by atoms with Crippen molar-refractivity contribution in [2.75, 3.05) is 11.4 Å². The molecule has 2 aromatic rings. The van der Waals surface area contributed by atoms with E-state index in [1.165, 1.54) is 11.3 Å². The van der Waals surface area contributed by atoms with Gasteiger partial charge < -0.3 is 10.6 Å². The normalized spacial score (nSPS) is 18.4. The number of aromatic nitrogens is 3. The molecule has 2 heterocycles. The number of aryl methyl sites for hydroxylation is 1. The van der Waals surface area contributed by atoms with Crippen molar-refractivity contribution in [1.82, 2.24) is 14.8 Å². The van der Waals surface area contributed by atoms with Gasteiger partial charge in [-0.25, -0.2) is 9.67 Å². The van der Waals surface area contributed by atoms with E-state index < -0.39 is 0 Å². The second-order valence-corrected chi connectivity index (χ2v) is 5.63. The quantitative estimate of drug-likeness (QED) is 0.937. The highest BCUT2D eigenvalue weighted by atomic mass is 15.3. The number of benzene rings is 1. The summed E-state index contributed by atoms with van der Waals surface area (Å²) >= 11 is 0. The second kappa shape index (κ2) is 6.26. The summed E-state index contributed by atoms with van der Waals surface area (Å²) in [4.78, 5) is 6.82. The molecule has 0 spiro atoms. The molecule has 1 aliphatic heterocycles. The van der Waals surface area contributed by atoms with E-state index in [-0.39, 0.29) is 6.04 Å². The Bertz CT molecular complexity index is 592. The van der Waals surface area contributed by atoms with Crippen LogP contribution in [0.15, 0.2) is 30.6 Å². The molecular formula is C16H23N5. The molecule has 112 valence electrons. The molecule has 21 heavy (non-hydrogen) atoms. The van der Waals surface area contributed by atoms with Crippen LogP contribution in [0.1, 0.15) is 43.6 Å².